The third-order valence-corrected chi connectivity index (χ3v) is 4.17. The first-order valence-electron chi connectivity index (χ1n) is 4.25. The monoisotopic (exact) mass is 302 g/mol. The lowest BCUT2D eigenvalue weighted by atomic mass is 10.5. The van der Waals surface area contributed by atoms with Crippen molar-refractivity contribution in [3.05, 3.63) is 24.1 Å². The van der Waals surface area contributed by atoms with Gasteiger partial charge in [-0.2, -0.15) is 0 Å². The van der Waals surface area contributed by atoms with Crippen molar-refractivity contribution < 1.29 is 21.2 Å². The first-order chi connectivity index (χ1) is 7.72. The van der Waals surface area contributed by atoms with E-state index in [2.05, 4.69) is 4.98 Å². The van der Waals surface area contributed by atoms with Crippen molar-refractivity contribution in [2.45, 2.75) is 5.03 Å². The predicted octanol–water partition coefficient (Wildman–Crippen LogP) is 0.0676. The van der Waals surface area contributed by atoms with Crippen LogP contribution in [0.5, 0.6) is 0 Å². The van der Waals surface area contributed by atoms with Gasteiger partial charge in [-0.3, -0.25) is 0 Å². The van der Waals surface area contributed by atoms with Gasteiger partial charge in [0.1, 0.15) is 0 Å². The highest BCUT2D eigenvalue weighted by molar-refractivity contribution is 8.13. The molecule has 1 aromatic heterocycles. The first kappa shape index (κ1) is 14.3. The van der Waals surface area contributed by atoms with Crippen LogP contribution in [0.4, 0.5) is 4.39 Å². The zero-order valence-corrected chi connectivity index (χ0v) is 10.7. The Balaban J connectivity index is 2.81. The normalized spacial score (nSPS) is 12.6. The van der Waals surface area contributed by atoms with E-state index >= 15 is 0 Å². The number of hydrogen-bond donors (Lipinski definition) is 1. The number of halogens is 2. The van der Waals surface area contributed by atoms with Crippen molar-refractivity contribution in [3.63, 3.8) is 0 Å². The van der Waals surface area contributed by atoms with E-state index < -0.39 is 42.2 Å². The van der Waals surface area contributed by atoms with Crippen molar-refractivity contribution >= 4 is 29.8 Å². The summed E-state index contributed by atoms with van der Waals surface area (Å²) >= 11 is 0. The summed E-state index contributed by atoms with van der Waals surface area (Å²) in [6.07, 6.45) is 1.11. The number of nitrogens with one attached hydrogen (secondary N) is 1. The smallest absolute Gasteiger partial charge is 0.241 e. The number of sulfonamides is 1. The molecule has 1 N–H and O–H groups in total. The summed E-state index contributed by atoms with van der Waals surface area (Å²) in [5.74, 6) is -1.61. The average molecular weight is 303 g/mol. The van der Waals surface area contributed by atoms with Gasteiger partial charge in [-0.1, -0.05) is 0 Å². The van der Waals surface area contributed by atoms with E-state index in [1.165, 1.54) is 6.07 Å². The largest absolute Gasteiger partial charge is 0.261 e. The maximum Gasteiger partial charge on any atom is 0.261 e. The average Bonchev–Trinajstić information content (AvgIpc) is 2.15. The number of aromatic nitrogens is 1. The van der Waals surface area contributed by atoms with Crippen LogP contribution in [0, 0.1) is 5.82 Å². The van der Waals surface area contributed by atoms with Crippen molar-refractivity contribution in [1.29, 1.82) is 0 Å². The third-order valence-electron chi connectivity index (χ3n) is 1.62. The van der Waals surface area contributed by atoms with Gasteiger partial charge in [0.25, 0.3) is 10.0 Å². The summed E-state index contributed by atoms with van der Waals surface area (Å²) < 4.78 is 59.1. The highest BCUT2D eigenvalue weighted by Gasteiger charge is 2.20. The number of pyridine rings is 1. The van der Waals surface area contributed by atoms with Crippen molar-refractivity contribution in [2.24, 2.45) is 0 Å². The minimum Gasteiger partial charge on any atom is -0.241 e. The van der Waals surface area contributed by atoms with Crippen LogP contribution in [0.3, 0.4) is 0 Å². The van der Waals surface area contributed by atoms with E-state index in [0.29, 0.717) is 0 Å². The zero-order chi connectivity index (χ0) is 13.1. The van der Waals surface area contributed by atoms with Crippen LogP contribution in [0.2, 0.25) is 0 Å². The Morgan fingerprint density at radius 2 is 2.00 bits per heavy atom. The highest BCUT2D eigenvalue weighted by Crippen LogP contribution is 2.09. The van der Waals surface area contributed by atoms with E-state index in [9.17, 15) is 21.2 Å². The van der Waals surface area contributed by atoms with Gasteiger partial charge in [0.05, 0.1) is 5.75 Å². The molecule has 6 nitrogen and oxygen atoms in total. The van der Waals surface area contributed by atoms with Gasteiger partial charge in [-0.15, -0.1) is 0 Å². The Bertz CT molecular complexity index is 602. The fourth-order valence-corrected chi connectivity index (χ4v) is 2.67. The fourth-order valence-electron chi connectivity index (χ4n) is 0.935. The molecule has 0 radical (unpaired) electrons. The Kier molecular flexibility index (Phi) is 4.42. The molecule has 1 aromatic rings. The Morgan fingerprint density at radius 3 is 2.53 bits per heavy atom. The quantitative estimate of drug-likeness (QED) is 0.777. The molecule has 10 heteroatoms. The van der Waals surface area contributed by atoms with Crippen LogP contribution < -0.4 is 4.72 Å². The summed E-state index contributed by atoms with van der Waals surface area (Å²) in [6.45, 7) is -0.454. The Labute approximate surface area is 102 Å². The van der Waals surface area contributed by atoms with Gasteiger partial charge in [0.15, 0.2) is 5.82 Å². The molecule has 0 aromatic carbocycles. The molecule has 17 heavy (non-hydrogen) atoms. The fraction of sp³-hybridized carbons (Fsp3) is 0.286. The molecule has 0 unspecified atom stereocenters. The number of nitrogens with zero attached hydrogens (tertiary/aromatic N) is 1. The van der Waals surface area contributed by atoms with Gasteiger partial charge in [-0.05, 0) is 12.1 Å². The molecular weight excluding hydrogens is 295 g/mol. The maximum absolute atomic E-state index is 13.1. The second-order valence-corrected chi connectivity index (χ2v) is 7.51. The summed E-state index contributed by atoms with van der Waals surface area (Å²) in [5, 5.41) is -0.785. The molecule has 1 rings (SSSR count). The predicted molar refractivity (Wildman–Crippen MR) is 59.0 cm³/mol. The molecule has 0 aliphatic heterocycles. The summed E-state index contributed by atoms with van der Waals surface area (Å²) in [5.41, 5.74) is 0. The molecule has 0 aliphatic rings. The summed E-state index contributed by atoms with van der Waals surface area (Å²) in [4.78, 5) is 3.36. The first-order valence-corrected chi connectivity index (χ1v) is 8.21. The van der Waals surface area contributed by atoms with E-state index in [4.69, 9.17) is 10.7 Å². The second-order valence-electron chi connectivity index (χ2n) is 2.93. The van der Waals surface area contributed by atoms with Gasteiger partial charge in [0, 0.05) is 23.4 Å². The molecule has 0 bridgehead atoms. The van der Waals surface area contributed by atoms with Crippen LogP contribution >= 0.6 is 10.7 Å². The molecule has 96 valence electrons. The van der Waals surface area contributed by atoms with Crippen LogP contribution in [0.25, 0.3) is 0 Å². The Hall–Kier alpha value is -0.770. The molecule has 0 spiro atoms. The summed E-state index contributed by atoms with van der Waals surface area (Å²) in [6, 6.07) is 2.16. The minimum absolute atomic E-state index is 0.454. The van der Waals surface area contributed by atoms with E-state index in [1.807, 2.05) is 4.72 Å². The molecule has 0 aliphatic carbocycles. The number of hydrogen-bond acceptors (Lipinski definition) is 5. The van der Waals surface area contributed by atoms with Gasteiger partial charge in [0.2, 0.25) is 14.1 Å². The molecule has 0 saturated carbocycles. The minimum atomic E-state index is -4.17. The van der Waals surface area contributed by atoms with E-state index in [-0.39, 0.29) is 0 Å². The van der Waals surface area contributed by atoms with E-state index in [0.717, 1.165) is 12.3 Å². The third kappa shape index (κ3) is 4.54. The molecular formula is C7H8ClFN2O4S2. The van der Waals surface area contributed by atoms with Gasteiger partial charge < -0.3 is 0 Å². The zero-order valence-electron chi connectivity index (χ0n) is 8.30. The van der Waals surface area contributed by atoms with E-state index in [1.54, 1.807) is 0 Å². The highest BCUT2D eigenvalue weighted by atomic mass is 35.7. The van der Waals surface area contributed by atoms with Crippen molar-refractivity contribution in [2.75, 3.05) is 12.3 Å². The lowest BCUT2D eigenvalue weighted by Crippen LogP contribution is -2.29. The van der Waals surface area contributed by atoms with Crippen LogP contribution in [-0.4, -0.2) is 34.1 Å². The lowest BCUT2D eigenvalue weighted by molar-refractivity contribution is 0.546. The number of rotatable bonds is 5. The summed E-state index contributed by atoms with van der Waals surface area (Å²) in [7, 11) is -3.09. The van der Waals surface area contributed by atoms with Crippen molar-refractivity contribution in [1.82, 2.24) is 9.71 Å². The molecule has 0 atom stereocenters. The standard InChI is InChI=1S/C7H8ClFN2O4S2/c8-16(12,13)5-4-11-17(14,15)7-6(9)2-1-3-10-7/h1-3,11H,4-5H2. The molecule has 1 heterocycles. The lowest BCUT2D eigenvalue weighted by Gasteiger charge is -2.05. The second kappa shape index (κ2) is 5.25. The Morgan fingerprint density at radius 1 is 1.35 bits per heavy atom. The van der Waals surface area contributed by atoms with Crippen LogP contribution in [0.15, 0.2) is 23.4 Å². The maximum atomic E-state index is 13.1. The molecule has 0 fully saturated rings. The van der Waals surface area contributed by atoms with Gasteiger partial charge >= 0.3 is 0 Å². The SMILES string of the molecule is O=S(=O)(Cl)CCNS(=O)(=O)c1ncccc1F. The van der Waals surface area contributed by atoms with Gasteiger partial charge in [-0.25, -0.2) is 30.9 Å². The topological polar surface area (TPSA) is 93.2 Å². The van der Waals surface area contributed by atoms with Crippen molar-refractivity contribution in [3.8, 4) is 0 Å². The molecule has 0 saturated heterocycles. The van der Waals surface area contributed by atoms with Crippen LogP contribution in [0.1, 0.15) is 0 Å². The molecule has 0 amide bonds. The van der Waals surface area contributed by atoms with Crippen LogP contribution in [-0.2, 0) is 19.1 Å².